The smallest absolute Gasteiger partial charge is 0.756 e. The van der Waals surface area contributed by atoms with E-state index in [9.17, 15) is 35.8 Å². The van der Waals surface area contributed by atoms with Crippen LogP contribution in [-0.2, 0) is 13.6 Å². The summed E-state index contributed by atoms with van der Waals surface area (Å²) in [6.45, 7) is 0.424. The van der Waals surface area contributed by atoms with Gasteiger partial charge in [0.25, 0.3) is 13.9 Å². The molecule has 98 valence electrons. The van der Waals surface area contributed by atoms with E-state index in [1.807, 2.05) is 0 Å². The normalized spacial score (nSPS) is 16.5. The first-order valence-corrected chi connectivity index (χ1v) is 5.13. The first-order valence-electron chi connectivity index (χ1n) is 3.67. The van der Waals surface area contributed by atoms with Crippen LogP contribution in [0.3, 0.4) is 0 Å². The molecule has 4 nitrogen and oxygen atoms in total. The average Bonchev–Trinajstić information content (AvgIpc) is 1.96. The van der Waals surface area contributed by atoms with E-state index in [0.717, 1.165) is 6.92 Å². The van der Waals surface area contributed by atoms with Gasteiger partial charge in [-0.3, -0.25) is 9.09 Å². The Morgan fingerprint density at radius 2 is 1.53 bits per heavy atom. The van der Waals surface area contributed by atoms with Crippen molar-refractivity contribution in [2.24, 2.45) is 0 Å². The molecule has 0 rings (SSSR count). The minimum Gasteiger partial charge on any atom is -0.756 e. The third-order valence-electron chi connectivity index (χ3n) is 1.12. The van der Waals surface area contributed by atoms with Crippen LogP contribution < -0.4 is 23.8 Å². The Bertz CT molecular complexity index is 265. The Kier molecular flexibility index (Phi) is 7.45. The van der Waals surface area contributed by atoms with E-state index in [4.69, 9.17) is 0 Å². The monoisotopic (exact) mass is 282 g/mol. The van der Waals surface area contributed by atoms with Gasteiger partial charge in [-0.25, -0.2) is 0 Å². The van der Waals surface area contributed by atoms with E-state index in [0.29, 0.717) is 0 Å². The van der Waals surface area contributed by atoms with Gasteiger partial charge in [-0.1, -0.05) is 0 Å². The summed E-state index contributed by atoms with van der Waals surface area (Å²) in [5.74, 6) is 0. The molecule has 0 saturated heterocycles. The van der Waals surface area contributed by atoms with Crippen LogP contribution in [0.4, 0.5) is 26.3 Å². The van der Waals surface area contributed by atoms with E-state index >= 15 is 0 Å². The Labute approximate surface area is 104 Å². The maximum atomic E-state index is 11.8. The van der Waals surface area contributed by atoms with Crippen molar-refractivity contribution in [3.63, 3.8) is 0 Å². The summed E-state index contributed by atoms with van der Waals surface area (Å²) in [4.78, 5) is 10.5. The third kappa shape index (κ3) is 7.34. The van der Waals surface area contributed by atoms with E-state index in [-0.39, 0.29) is 18.9 Å². The first-order chi connectivity index (χ1) is 6.90. The molecule has 12 heteroatoms. The number of halogens is 6. The van der Waals surface area contributed by atoms with Gasteiger partial charge in [0, 0.05) is 0 Å². The van der Waals surface area contributed by atoms with Crippen molar-refractivity contribution in [2.75, 3.05) is 6.61 Å². The molecular weight excluding hydrogens is 276 g/mol. The van der Waals surface area contributed by atoms with Gasteiger partial charge in [0.1, 0.15) is 0 Å². The van der Waals surface area contributed by atoms with Crippen LogP contribution in [0.2, 0.25) is 0 Å². The number of hydrogen-bond acceptors (Lipinski definition) is 4. The summed E-state index contributed by atoms with van der Waals surface area (Å²) in [5.41, 5.74) is 0. The van der Waals surface area contributed by atoms with Crippen molar-refractivity contribution in [1.29, 1.82) is 0 Å². The topological polar surface area (TPSA) is 58.6 Å². The van der Waals surface area contributed by atoms with Crippen molar-refractivity contribution < 1.29 is 63.7 Å². The fourth-order valence-corrected chi connectivity index (χ4v) is 1.50. The van der Waals surface area contributed by atoms with Crippen LogP contribution in [0.25, 0.3) is 0 Å². The standard InChI is InChI=1S/C5H7F6O4P.Li/c1-2-14-16(12,13)15-3(4(6,7)8)5(9,10)11;/h3H,2H2,1H3,(H,12,13);/q;+1/p-1. The summed E-state index contributed by atoms with van der Waals surface area (Å²) >= 11 is 0. The number of alkyl halides is 6. The van der Waals surface area contributed by atoms with Gasteiger partial charge in [-0.2, -0.15) is 26.3 Å². The van der Waals surface area contributed by atoms with Crippen LogP contribution in [0.1, 0.15) is 6.92 Å². The van der Waals surface area contributed by atoms with E-state index in [1.54, 1.807) is 0 Å². The van der Waals surface area contributed by atoms with Crippen LogP contribution in [-0.4, -0.2) is 25.1 Å². The van der Waals surface area contributed by atoms with Gasteiger partial charge in [-0.05, 0) is 6.92 Å². The fraction of sp³-hybridized carbons (Fsp3) is 1.00. The van der Waals surface area contributed by atoms with Crippen LogP contribution in [0.15, 0.2) is 0 Å². The van der Waals surface area contributed by atoms with Gasteiger partial charge >= 0.3 is 31.2 Å². The van der Waals surface area contributed by atoms with Crippen LogP contribution in [0, 0.1) is 0 Å². The van der Waals surface area contributed by atoms with Crippen molar-refractivity contribution >= 4 is 7.82 Å². The van der Waals surface area contributed by atoms with Gasteiger partial charge in [0.2, 0.25) is 0 Å². The van der Waals surface area contributed by atoms with Gasteiger partial charge < -0.3 is 9.42 Å². The molecule has 0 aromatic heterocycles. The summed E-state index contributed by atoms with van der Waals surface area (Å²) in [7, 11) is -5.63. The molecule has 1 atom stereocenters. The Morgan fingerprint density at radius 1 is 1.18 bits per heavy atom. The molecule has 0 radical (unpaired) electrons. The molecular formula is C5H6F6LiO4P. The van der Waals surface area contributed by atoms with Gasteiger partial charge in [0.15, 0.2) is 0 Å². The molecule has 0 spiro atoms. The fourth-order valence-electron chi connectivity index (χ4n) is 0.623. The first kappa shape index (κ1) is 19.6. The maximum Gasteiger partial charge on any atom is 1.00 e. The predicted molar refractivity (Wildman–Crippen MR) is 36.2 cm³/mol. The van der Waals surface area contributed by atoms with E-state index in [2.05, 4.69) is 9.05 Å². The zero-order chi connectivity index (χ0) is 13.2. The molecule has 0 aliphatic carbocycles. The molecule has 0 fully saturated rings. The number of hydrogen-bond donors (Lipinski definition) is 0. The largest absolute Gasteiger partial charge is 1.00 e. The predicted octanol–water partition coefficient (Wildman–Crippen LogP) is -0.995. The number of phosphoric ester groups is 1. The molecule has 0 saturated carbocycles. The second-order valence-corrected chi connectivity index (χ2v) is 3.80. The molecule has 0 heterocycles. The molecule has 17 heavy (non-hydrogen) atoms. The molecule has 0 N–H and O–H groups in total. The third-order valence-corrected chi connectivity index (χ3v) is 2.16. The van der Waals surface area contributed by atoms with Crippen molar-refractivity contribution in [1.82, 2.24) is 0 Å². The summed E-state index contributed by atoms with van der Waals surface area (Å²) in [5, 5.41) is 0. The van der Waals surface area contributed by atoms with E-state index in [1.165, 1.54) is 0 Å². The molecule has 0 bridgehead atoms. The summed E-state index contributed by atoms with van der Waals surface area (Å²) < 4.78 is 88.0. The zero-order valence-electron chi connectivity index (χ0n) is 8.63. The zero-order valence-corrected chi connectivity index (χ0v) is 9.53. The van der Waals surface area contributed by atoms with Crippen LogP contribution >= 0.6 is 7.82 Å². The van der Waals surface area contributed by atoms with Crippen molar-refractivity contribution in [2.45, 2.75) is 25.4 Å². The average molecular weight is 282 g/mol. The Hall–Kier alpha value is 0.287. The van der Waals surface area contributed by atoms with Crippen molar-refractivity contribution in [3.8, 4) is 0 Å². The second-order valence-electron chi connectivity index (χ2n) is 2.43. The molecule has 0 aromatic carbocycles. The van der Waals surface area contributed by atoms with Gasteiger partial charge in [0.05, 0.1) is 6.61 Å². The molecule has 1 unspecified atom stereocenters. The Balaban J connectivity index is 0. The van der Waals surface area contributed by atoms with E-state index < -0.39 is 32.9 Å². The molecule has 0 aromatic rings. The molecule has 0 aliphatic rings. The molecule has 0 amide bonds. The minimum absolute atomic E-state index is 0. The SMILES string of the molecule is CCOP(=O)([O-])OC(C(F)(F)F)C(F)(F)F.[Li+]. The maximum absolute atomic E-state index is 11.8. The van der Waals surface area contributed by atoms with Gasteiger partial charge in [-0.15, -0.1) is 0 Å². The number of rotatable bonds is 4. The Morgan fingerprint density at radius 3 is 1.76 bits per heavy atom. The molecule has 0 aliphatic heterocycles. The van der Waals surface area contributed by atoms with Crippen LogP contribution in [0.5, 0.6) is 0 Å². The summed E-state index contributed by atoms with van der Waals surface area (Å²) in [6.07, 6.45) is -16.2. The second kappa shape index (κ2) is 6.45. The van der Waals surface area contributed by atoms with Crippen molar-refractivity contribution in [3.05, 3.63) is 0 Å². The minimum atomic E-state index is -5.89. The number of phosphoric acid groups is 1. The summed E-state index contributed by atoms with van der Waals surface area (Å²) in [6, 6.07) is 0. The quantitative estimate of drug-likeness (QED) is 0.377.